The summed E-state index contributed by atoms with van der Waals surface area (Å²) >= 11 is 0. The van der Waals surface area contributed by atoms with Gasteiger partial charge >= 0.3 is 6.09 Å². The molecule has 0 fully saturated rings. The van der Waals surface area contributed by atoms with Gasteiger partial charge in [-0.25, -0.2) is 4.79 Å². The Kier molecular flexibility index (Phi) is 11.9. The van der Waals surface area contributed by atoms with E-state index >= 15 is 0 Å². The zero-order valence-corrected chi connectivity index (χ0v) is 22.2. The van der Waals surface area contributed by atoms with Gasteiger partial charge in [0.1, 0.15) is 18.2 Å². The first-order chi connectivity index (χ1) is 18.4. The van der Waals surface area contributed by atoms with Gasteiger partial charge in [-0.05, 0) is 44.0 Å². The summed E-state index contributed by atoms with van der Waals surface area (Å²) in [5.74, 6) is -2.32. The van der Waals surface area contributed by atoms with Gasteiger partial charge in [0.05, 0.1) is 19.7 Å². The van der Waals surface area contributed by atoms with Gasteiger partial charge in [-0.15, -0.1) is 0 Å². The Balaban J connectivity index is 1.88. The van der Waals surface area contributed by atoms with Crippen LogP contribution >= 0.6 is 0 Å². The van der Waals surface area contributed by atoms with Crippen molar-refractivity contribution in [3.8, 4) is 0 Å². The van der Waals surface area contributed by atoms with Crippen LogP contribution in [0, 0.1) is 0 Å². The number of aliphatic hydroxyl groups is 1. The van der Waals surface area contributed by atoms with Gasteiger partial charge in [-0.2, -0.15) is 0 Å². The third kappa shape index (κ3) is 12.6. The van der Waals surface area contributed by atoms with Gasteiger partial charge in [-0.1, -0.05) is 42.5 Å². The van der Waals surface area contributed by atoms with Crippen molar-refractivity contribution in [3.05, 3.63) is 65.7 Å². The fourth-order valence-corrected chi connectivity index (χ4v) is 3.20. The zero-order valence-electron chi connectivity index (χ0n) is 22.2. The number of amides is 5. The van der Waals surface area contributed by atoms with E-state index in [1.54, 1.807) is 69.3 Å². The topological polar surface area (TPSA) is 175 Å². The number of aliphatic hydroxyl groups excluding tert-OH is 1. The SMILES string of the molecule is CC(C)(C)OC(=O)NCC(=O)NCC(=O)NC(Cc1ccccc1)C(=O)NCC(=O)Nc1ccc(CO)cc1. The highest BCUT2D eigenvalue weighted by Crippen LogP contribution is 2.09. The van der Waals surface area contributed by atoms with E-state index in [1.165, 1.54) is 0 Å². The number of ether oxygens (including phenoxy) is 1. The molecule has 2 aromatic rings. The predicted molar refractivity (Wildman–Crippen MR) is 143 cm³/mol. The Bertz CT molecular complexity index is 1130. The molecule has 0 aliphatic rings. The molecule has 0 aliphatic heterocycles. The summed E-state index contributed by atoms with van der Waals surface area (Å²) in [6.45, 7) is 3.76. The first-order valence-corrected chi connectivity index (χ1v) is 12.3. The monoisotopic (exact) mass is 541 g/mol. The Morgan fingerprint density at radius 2 is 1.38 bits per heavy atom. The van der Waals surface area contributed by atoms with Crippen molar-refractivity contribution in [1.82, 2.24) is 21.3 Å². The lowest BCUT2D eigenvalue weighted by Crippen LogP contribution is -2.52. The number of nitrogens with one attached hydrogen (secondary N) is 5. The summed E-state index contributed by atoms with van der Waals surface area (Å²) in [4.78, 5) is 61.3. The molecule has 12 heteroatoms. The number of rotatable bonds is 12. The lowest BCUT2D eigenvalue weighted by molar-refractivity contribution is -0.130. The number of benzene rings is 2. The molecule has 0 saturated carbocycles. The van der Waals surface area contributed by atoms with Crippen LogP contribution in [0.5, 0.6) is 0 Å². The van der Waals surface area contributed by atoms with E-state index in [0.29, 0.717) is 11.3 Å². The van der Waals surface area contributed by atoms with E-state index in [4.69, 9.17) is 9.84 Å². The maximum atomic E-state index is 12.9. The van der Waals surface area contributed by atoms with Crippen molar-refractivity contribution in [2.24, 2.45) is 0 Å². The molecule has 1 atom stereocenters. The van der Waals surface area contributed by atoms with Crippen molar-refractivity contribution in [2.75, 3.05) is 25.0 Å². The minimum Gasteiger partial charge on any atom is -0.444 e. The summed E-state index contributed by atoms with van der Waals surface area (Å²) in [6.07, 6.45) is -0.621. The summed E-state index contributed by atoms with van der Waals surface area (Å²) in [6, 6.07) is 14.5. The normalized spacial score (nSPS) is 11.5. The molecule has 0 aromatic heterocycles. The van der Waals surface area contributed by atoms with Crippen molar-refractivity contribution in [2.45, 2.75) is 45.4 Å². The molecule has 0 aliphatic carbocycles. The number of hydrogen-bond acceptors (Lipinski definition) is 7. The minimum atomic E-state index is -1.02. The number of alkyl carbamates (subject to hydrolysis) is 1. The van der Waals surface area contributed by atoms with Crippen LogP contribution in [0.2, 0.25) is 0 Å². The average Bonchev–Trinajstić information content (AvgIpc) is 2.89. The van der Waals surface area contributed by atoms with E-state index in [9.17, 15) is 24.0 Å². The lowest BCUT2D eigenvalue weighted by atomic mass is 10.1. The Morgan fingerprint density at radius 1 is 0.769 bits per heavy atom. The van der Waals surface area contributed by atoms with Crippen molar-refractivity contribution in [3.63, 3.8) is 0 Å². The standard InChI is InChI=1S/C27H35N5O7/c1-27(2,3)39-26(38)30-14-22(34)28-15-24(36)32-21(13-18-7-5-4-6-8-18)25(37)29-16-23(35)31-20-11-9-19(17-33)10-12-20/h4-12,21,33H,13-17H2,1-3H3,(H,28,34)(H,29,37)(H,30,38)(H,31,35)(H,32,36). The molecule has 0 saturated heterocycles. The summed E-state index contributed by atoms with van der Waals surface area (Å²) < 4.78 is 5.04. The van der Waals surface area contributed by atoms with Crippen LogP contribution in [-0.2, 0) is 36.9 Å². The highest BCUT2D eigenvalue weighted by atomic mass is 16.6. The fraction of sp³-hybridized carbons (Fsp3) is 0.370. The van der Waals surface area contributed by atoms with Gasteiger partial charge < -0.3 is 36.4 Å². The number of hydrogen-bond donors (Lipinski definition) is 6. The van der Waals surface area contributed by atoms with Gasteiger partial charge in [0.2, 0.25) is 23.6 Å². The molecule has 5 amide bonds. The van der Waals surface area contributed by atoms with E-state index in [-0.39, 0.29) is 19.6 Å². The molecule has 0 spiro atoms. The molecular formula is C27H35N5O7. The molecule has 210 valence electrons. The Hall–Kier alpha value is -4.45. The van der Waals surface area contributed by atoms with Crippen molar-refractivity contribution in [1.29, 1.82) is 0 Å². The largest absolute Gasteiger partial charge is 0.444 e. The number of carbonyl (C=O) groups is 5. The van der Waals surface area contributed by atoms with Gasteiger partial charge in [0.15, 0.2) is 0 Å². The first-order valence-electron chi connectivity index (χ1n) is 12.3. The molecule has 2 aromatic carbocycles. The van der Waals surface area contributed by atoms with Crippen LogP contribution in [0.4, 0.5) is 10.5 Å². The van der Waals surface area contributed by atoms with Crippen LogP contribution in [-0.4, -0.2) is 66.1 Å². The smallest absolute Gasteiger partial charge is 0.408 e. The summed E-state index contributed by atoms with van der Waals surface area (Å²) in [7, 11) is 0. The molecule has 0 radical (unpaired) electrons. The van der Waals surface area contributed by atoms with Crippen molar-refractivity contribution >= 4 is 35.4 Å². The van der Waals surface area contributed by atoms with Gasteiger partial charge in [-0.3, -0.25) is 19.2 Å². The van der Waals surface area contributed by atoms with Crippen molar-refractivity contribution < 1.29 is 33.8 Å². The molecule has 12 nitrogen and oxygen atoms in total. The van der Waals surface area contributed by atoms with E-state index in [0.717, 1.165) is 5.56 Å². The Morgan fingerprint density at radius 3 is 2.00 bits per heavy atom. The lowest BCUT2D eigenvalue weighted by Gasteiger charge is -2.20. The quantitative estimate of drug-likeness (QED) is 0.228. The van der Waals surface area contributed by atoms with E-state index in [1.807, 2.05) is 6.07 Å². The van der Waals surface area contributed by atoms with Crippen LogP contribution in [0.1, 0.15) is 31.9 Å². The average molecular weight is 542 g/mol. The summed E-state index contributed by atoms with van der Waals surface area (Å²) in [5, 5.41) is 21.5. The van der Waals surface area contributed by atoms with Gasteiger partial charge in [0, 0.05) is 12.1 Å². The summed E-state index contributed by atoms with van der Waals surface area (Å²) in [5.41, 5.74) is 1.24. The number of carbonyl (C=O) groups excluding carboxylic acids is 5. The molecule has 0 bridgehead atoms. The third-order valence-corrected chi connectivity index (χ3v) is 5.02. The second kappa shape index (κ2) is 15.1. The highest BCUT2D eigenvalue weighted by Gasteiger charge is 2.22. The Labute approximate surface area is 226 Å². The van der Waals surface area contributed by atoms with E-state index < -0.39 is 54.5 Å². The molecular weight excluding hydrogens is 506 g/mol. The van der Waals surface area contributed by atoms with Gasteiger partial charge in [0.25, 0.3) is 0 Å². The highest BCUT2D eigenvalue weighted by molar-refractivity contribution is 5.96. The fourth-order valence-electron chi connectivity index (χ4n) is 3.20. The maximum absolute atomic E-state index is 12.9. The third-order valence-electron chi connectivity index (χ3n) is 5.02. The van der Waals surface area contributed by atoms with Crippen LogP contribution < -0.4 is 26.6 Å². The molecule has 1 unspecified atom stereocenters. The molecule has 2 rings (SSSR count). The molecule has 6 N–H and O–H groups in total. The van der Waals surface area contributed by atoms with E-state index in [2.05, 4.69) is 26.6 Å². The molecule has 0 heterocycles. The zero-order chi connectivity index (χ0) is 28.8. The maximum Gasteiger partial charge on any atom is 0.408 e. The van der Waals surface area contributed by atoms with Crippen LogP contribution in [0.15, 0.2) is 54.6 Å². The van der Waals surface area contributed by atoms with Crippen LogP contribution in [0.25, 0.3) is 0 Å². The first kappa shape index (κ1) is 30.8. The number of anilines is 1. The second-order valence-electron chi connectivity index (χ2n) is 9.56. The second-order valence-corrected chi connectivity index (χ2v) is 9.56. The predicted octanol–water partition coefficient (Wildman–Crippen LogP) is 0.602. The minimum absolute atomic E-state index is 0.120. The van der Waals surface area contributed by atoms with Crippen LogP contribution in [0.3, 0.4) is 0 Å². The molecule has 39 heavy (non-hydrogen) atoms.